The molecule has 146 valence electrons. The van der Waals surface area contributed by atoms with Crippen LogP contribution in [0.4, 0.5) is 5.69 Å². The number of piperidine rings is 1. The van der Waals surface area contributed by atoms with E-state index in [9.17, 15) is 4.79 Å². The van der Waals surface area contributed by atoms with Crippen LogP contribution in [0.5, 0.6) is 17.2 Å². The van der Waals surface area contributed by atoms with Crippen LogP contribution in [0.2, 0.25) is 0 Å². The molecule has 7 heteroatoms. The Morgan fingerprint density at radius 1 is 1.12 bits per heavy atom. The van der Waals surface area contributed by atoms with Crippen LogP contribution in [0.15, 0.2) is 12.1 Å². The van der Waals surface area contributed by atoms with Gasteiger partial charge in [0, 0.05) is 17.8 Å². The summed E-state index contributed by atoms with van der Waals surface area (Å²) < 4.78 is 15.9. The third-order valence-corrected chi connectivity index (χ3v) is 4.83. The Morgan fingerprint density at radius 2 is 1.73 bits per heavy atom. The summed E-state index contributed by atoms with van der Waals surface area (Å²) in [5, 5.41) is 6.13. The van der Waals surface area contributed by atoms with E-state index in [1.54, 1.807) is 33.5 Å². The molecule has 0 bridgehead atoms. The first-order valence-corrected chi connectivity index (χ1v) is 9.08. The summed E-state index contributed by atoms with van der Waals surface area (Å²) in [4.78, 5) is 14.6. The van der Waals surface area contributed by atoms with Crippen molar-refractivity contribution in [3.63, 3.8) is 0 Å². The minimum absolute atomic E-state index is 0.0343. The number of nitrogens with zero attached hydrogens (tertiary/aromatic N) is 1. The molecule has 1 aromatic carbocycles. The lowest BCUT2D eigenvalue weighted by Gasteiger charge is -2.31. The SMILES string of the molecule is CNCCC1CCN(CC(=O)Nc2cc(OC)c(OC)c(OC)c2)CC1. The third kappa shape index (κ3) is 5.51. The van der Waals surface area contributed by atoms with Crippen LogP contribution in [0.3, 0.4) is 0 Å². The molecule has 1 aliphatic heterocycles. The molecule has 2 N–H and O–H groups in total. The van der Waals surface area contributed by atoms with Gasteiger partial charge in [0.15, 0.2) is 11.5 Å². The predicted molar refractivity (Wildman–Crippen MR) is 102 cm³/mol. The van der Waals surface area contributed by atoms with Gasteiger partial charge in [0.1, 0.15) is 0 Å². The molecule has 0 unspecified atom stereocenters. The van der Waals surface area contributed by atoms with Gasteiger partial charge < -0.3 is 24.8 Å². The van der Waals surface area contributed by atoms with Crippen LogP contribution in [0, 0.1) is 5.92 Å². The van der Waals surface area contributed by atoms with Crippen molar-refractivity contribution >= 4 is 11.6 Å². The lowest BCUT2D eigenvalue weighted by molar-refractivity contribution is -0.117. The van der Waals surface area contributed by atoms with E-state index in [1.807, 2.05) is 7.05 Å². The molecule has 0 spiro atoms. The summed E-state index contributed by atoms with van der Waals surface area (Å²) in [6.07, 6.45) is 3.51. The average Bonchev–Trinajstić information content (AvgIpc) is 2.66. The Hall–Kier alpha value is -1.99. The summed E-state index contributed by atoms with van der Waals surface area (Å²) >= 11 is 0. The molecule has 0 saturated carbocycles. The van der Waals surface area contributed by atoms with Crippen molar-refractivity contribution in [1.29, 1.82) is 0 Å². The van der Waals surface area contributed by atoms with Gasteiger partial charge in [-0.15, -0.1) is 0 Å². The second-order valence-corrected chi connectivity index (χ2v) is 6.57. The van der Waals surface area contributed by atoms with E-state index in [4.69, 9.17) is 14.2 Å². The summed E-state index contributed by atoms with van der Waals surface area (Å²) in [6, 6.07) is 3.48. The van der Waals surface area contributed by atoms with Crippen LogP contribution < -0.4 is 24.8 Å². The maximum Gasteiger partial charge on any atom is 0.238 e. The van der Waals surface area contributed by atoms with Crippen LogP contribution in [0.1, 0.15) is 19.3 Å². The molecule has 7 nitrogen and oxygen atoms in total. The molecule has 1 amide bonds. The number of hydrogen-bond donors (Lipinski definition) is 2. The number of nitrogens with one attached hydrogen (secondary N) is 2. The first-order chi connectivity index (χ1) is 12.6. The fourth-order valence-electron chi connectivity index (χ4n) is 3.34. The Morgan fingerprint density at radius 3 is 2.23 bits per heavy atom. The molecule has 1 fully saturated rings. The summed E-state index contributed by atoms with van der Waals surface area (Å²) in [6.45, 7) is 3.40. The summed E-state index contributed by atoms with van der Waals surface area (Å²) in [7, 11) is 6.66. The van der Waals surface area contributed by atoms with Crippen molar-refractivity contribution < 1.29 is 19.0 Å². The number of carbonyl (C=O) groups excluding carboxylic acids is 1. The highest BCUT2D eigenvalue weighted by Crippen LogP contribution is 2.39. The fourth-order valence-corrected chi connectivity index (χ4v) is 3.34. The van der Waals surface area contributed by atoms with E-state index < -0.39 is 0 Å². The van der Waals surface area contributed by atoms with Gasteiger partial charge in [-0.25, -0.2) is 0 Å². The fraction of sp³-hybridized carbons (Fsp3) is 0.632. The van der Waals surface area contributed by atoms with E-state index >= 15 is 0 Å². The van der Waals surface area contributed by atoms with Gasteiger partial charge in [-0.3, -0.25) is 9.69 Å². The van der Waals surface area contributed by atoms with Gasteiger partial charge in [-0.1, -0.05) is 0 Å². The molecule has 1 aliphatic rings. The van der Waals surface area contributed by atoms with E-state index in [-0.39, 0.29) is 5.91 Å². The van der Waals surface area contributed by atoms with Crippen LogP contribution >= 0.6 is 0 Å². The number of rotatable bonds is 9. The van der Waals surface area contributed by atoms with Crippen LogP contribution in [0.25, 0.3) is 0 Å². The molecular formula is C19H31N3O4. The van der Waals surface area contributed by atoms with Crippen molar-refractivity contribution in [3.8, 4) is 17.2 Å². The number of anilines is 1. The molecule has 0 aromatic heterocycles. The highest BCUT2D eigenvalue weighted by Gasteiger charge is 2.21. The zero-order valence-corrected chi connectivity index (χ0v) is 16.3. The molecule has 1 aromatic rings. The van der Waals surface area contributed by atoms with Crippen molar-refractivity contribution in [2.45, 2.75) is 19.3 Å². The van der Waals surface area contributed by atoms with E-state index in [0.29, 0.717) is 29.5 Å². The van der Waals surface area contributed by atoms with Gasteiger partial charge in [0.25, 0.3) is 0 Å². The molecule has 2 rings (SSSR count). The largest absolute Gasteiger partial charge is 0.493 e. The predicted octanol–water partition coefficient (Wildman–Crippen LogP) is 1.97. The molecule has 1 heterocycles. The van der Waals surface area contributed by atoms with Crippen molar-refractivity contribution in [3.05, 3.63) is 12.1 Å². The van der Waals surface area contributed by atoms with Crippen molar-refractivity contribution in [1.82, 2.24) is 10.2 Å². The number of carbonyl (C=O) groups is 1. The van der Waals surface area contributed by atoms with Gasteiger partial charge >= 0.3 is 0 Å². The average molecular weight is 365 g/mol. The third-order valence-electron chi connectivity index (χ3n) is 4.83. The molecular weight excluding hydrogens is 334 g/mol. The summed E-state index contributed by atoms with van der Waals surface area (Å²) in [5.41, 5.74) is 0.633. The molecule has 0 aliphatic carbocycles. The van der Waals surface area contributed by atoms with Crippen LogP contribution in [-0.4, -0.2) is 65.4 Å². The molecule has 0 radical (unpaired) electrons. The van der Waals surface area contributed by atoms with E-state index in [0.717, 1.165) is 38.4 Å². The lowest BCUT2D eigenvalue weighted by atomic mass is 9.93. The minimum Gasteiger partial charge on any atom is -0.493 e. The number of benzene rings is 1. The maximum atomic E-state index is 12.4. The smallest absolute Gasteiger partial charge is 0.238 e. The first-order valence-electron chi connectivity index (χ1n) is 9.08. The second-order valence-electron chi connectivity index (χ2n) is 6.57. The number of hydrogen-bond acceptors (Lipinski definition) is 6. The topological polar surface area (TPSA) is 72.1 Å². The molecule has 26 heavy (non-hydrogen) atoms. The van der Waals surface area contributed by atoms with Crippen molar-refractivity contribution in [2.24, 2.45) is 5.92 Å². The standard InChI is InChI=1S/C19H31N3O4/c1-20-8-5-14-6-9-22(10-7-14)13-18(23)21-15-11-16(24-2)19(26-4)17(12-15)25-3/h11-12,14,20H,5-10,13H2,1-4H3,(H,21,23). The first kappa shape index (κ1) is 20.3. The highest BCUT2D eigenvalue weighted by molar-refractivity contribution is 5.93. The highest BCUT2D eigenvalue weighted by atomic mass is 16.5. The van der Waals surface area contributed by atoms with Gasteiger partial charge in [0.05, 0.1) is 27.9 Å². The zero-order valence-electron chi connectivity index (χ0n) is 16.3. The van der Waals surface area contributed by atoms with Crippen molar-refractivity contribution in [2.75, 3.05) is 59.9 Å². The Kier molecular flexibility index (Phi) is 8.00. The summed E-state index contributed by atoms with van der Waals surface area (Å²) in [5.74, 6) is 2.28. The van der Waals surface area contributed by atoms with E-state index in [1.165, 1.54) is 6.42 Å². The van der Waals surface area contributed by atoms with E-state index in [2.05, 4.69) is 15.5 Å². The lowest BCUT2D eigenvalue weighted by Crippen LogP contribution is -2.39. The quantitative estimate of drug-likeness (QED) is 0.697. The Labute approximate surface area is 156 Å². The van der Waals surface area contributed by atoms with Gasteiger partial charge in [-0.2, -0.15) is 0 Å². The number of amides is 1. The Balaban J connectivity index is 1.90. The monoisotopic (exact) mass is 365 g/mol. The molecule has 0 atom stereocenters. The number of ether oxygens (including phenoxy) is 3. The second kappa shape index (κ2) is 10.2. The Bertz CT molecular complexity index is 561. The van der Waals surface area contributed by atoms with Gasteiger partial charge in [0.2, 0.25) is 11.7 Å². The zero-order chi connectivity index (χ0) is 18.9. The minimum atomic E-state index is -0.0343. The normalized spacial score (nSPS) is 15.5. The van der Waals surface area contributed by atoms with Crippen LogP contribution in [-0.2, 0) is 4.79 Å². The number of likely N-dealkylation sites (tertiary alicyclic amines) is 1. The molecule has 1 saturated heterocycles. The number of methoxy groups -OCH3 is 3. The van der Waals surface area contributed by atoms with Gasteiger partial charge in [-0.05, 0) is 51.9 Å². The maximum absolute atomic E-state index is 12.4.